The summed E-state index contributed by atoms with van der Waals surface area (Å²) >= 11 is 0. The monoisotopic (exact) mass is 158 g/mol. The van der Waals surface area contributed by atoms with Gasteiger partial charge in [0.2, 0.25) is 0 Å². The van der Waals surface area contributed by atoms with Crippen molar-refractivity contribution in [3.8, 4) is 0 Å². The van der Waals surface area contributed by atoms with E-state index in [9.17, 15) is 0 Å². The fourth-order valence-corrected chi connectivity index (χ4v) is 0. The third kappa shape index (κ3) is 128. The molecule has 0 atom stereocenters. The average molecular weight is 158 g/mol. The fourth-order valence-electron chi connectivity index (χ4n) is 0. The molecule has 0 saturated heterocycles. The van der Waals surface area contributed by atoms with E-state index in [1.54, 1.807) is 0 Å². The molecule has 0 aliphatic rings. The molecule has 44 valence electrons. The number of rotatable bonds is 0. The van der Waals surface area contributed by atoms with Crippen molar-refractivity contribution in [1.29, 1.82) is 0 Å². The van der Waals surface area contributed by atoms with Crippen LogP contribution in [-0.2, 0) is 0 Å². The molecule has 0 aliphatic heterocycles. The van der Waals surface area contributed by atoms with Gasteiger partial charge in [-0.2, -0.15) is 0 Å². The second-order valence-corrected chi connectivity index (χ2v) is 1.80. The van der Waals surface area contributed by atoms with Gasteiger partial charge in [0.25, 0.3) is 0 Å². The van der Waals surface area contributed by atoms with Gasteiger partial charge in [0, 0.05) is 0 Å². The average Bonchev–Trinajstić information content (AvgIpc) is 0.722. The molecule has 0 bridgehead atoms. The molecule has 0 aromatic carbocycles. The Bertz CT molecular complexity index is 27.2. The Hall–Kier alpha value is 1.25. The van der Waals surface area contributed by atoms with Crippen LogP contribution < -0.4 is 0 Å². The molecule has 0 fully saturated rings. The number of hydrogen-bond acceptors (Lipinski definition) is 4. The number of hydrogen-bond donors (Lipinski definition) is 4. The first-order chi connectivity index (χ1) is 2.00. The van der Waals surface area contributed by atoms with Gasteiger partial charge >= 0.3 is 46.8 Å². The van der Waals surface area contributed by atoms with Crippen LogP contribution in [0.5, 0.6) is 0 Å². The van der Waals surface area contributed by atoms with Gasteiger partial charge in [-0.05, 0) is 0 Å². The molecule has 0 rings (SSSR count). The summed E-state index contributed by atoms with van der Waals surface area (Å²) in [6.07, 6.45) is 0. The van der Waals surface area contributed by atoms with E-state index < -0.39 is 9.05 Å². The van der Waals surface area contributed by atoms with Crippen molar-refractivity contribution in [2.24, 2.45) is 0 Å². The van der Waals surface area contributed by atoms with Gasteiger partial charge in [0.15, 0.2) is 0 Å². The van der Waals surface area contributed by atoms with Crippen LogP contribution >= 0.6 is 0 Å². The first kappa shape index (κ1) is 15.7. The fraction of sp³-hybridized carbons (Fsp3) is 0. The summed E-state index contributed by atoms with van der Waals surface area (Å²) < 4.78 is 0. The van der Waals surface area contributed by atoms with E-state index in [4.69, 9.17) is 19.2 Å². The summed E-state index contributed by atoms with van der Waals surface area (Å²) in [6, 6.07) is 0. The summed E-state index contributed by atoms with van der Waals surface area (Å²) in [5, 5.41) is 0. The van der Waals surface area contributed by atoms with Crippen LogP contribution in [0.3, 0.4) is 0 Å². The molecule has 0 saturated carbocycles. The van der Waals surface area contributed by atoms with Crippen molar-refractivity contribution in [1.82, 2.24) is 0 Å². The first-order valence-corrected chi connectivity index (χ1v) is 2.68. The Balaban J connectivity index is -0.0000000800. The van der Waals surface area contributed by atoms with Crippen molar-refractivity contribution in [2.45, 2.75) is 0 Å². The summed E-state index contributed by atoms with van der Waals surface area (Å²) in [6.45, 7) is 0. The van der Waals surface area contributed by atoms with E-state index in [1.807, 2.05) is 0 Å². The molecule has 0 heterocycles. The van der Waals surface area contributed by atoms with Crippen LogP contribution in [0, 0.1) is 0 Å². The third-order valence-corrected chi connectivity index (χ3v) is 0. The van der Waals surface area contributed by atoms with Gasteiger partial charge < -0.3 is 19.2 Å². The van der Waals surface area contributed by atoms with Gasteiger partial charge in [-0.3, -0.25) is 4.70 Å². The first-order valence-electron chi connectivity index (χ1n) is 0.894. The van der Waals surface area contributed by atoms with E-state index in [0.717, 1.165) is 0 Å². The molecule has 0 unspecified atom stereocenters. The van der Waals surface area contributed by atoms with Gasteiger partial charge in [-0.15, -0.1) is 0 Å². The maximum atomic E-state index is 7.33. The Morgan fingerprint density at radius 3 is 0.857 bits per heavy atom. The Morgan fingerprint density at radius 2 is 0.857 bits per heavy atom. The van der Waals surface area contributed by atoms with E-state index in [-0.39, 0.29) is 42.4 Å². The maximum absolute atomic E-state index is 7.33. The van der Waals surface area contributed by atoms with Crippen molar-refractivity contribution < 1.29 is 23.9 Å². The van der Waals surface area contributed by atoms with Gasteiger partial charge in [0.1, 0.15) is 0 Å². The number of halogens is 1. The van der Waals surface area contributed by atoms with Gasteiger partial charge in [0.05, 0.1) is 0 Å². The van der Waals surface area contributed by atoms with Crippen LogP contribution in [0.25, 0.3) is 0 Å². The minimum absolute atomic E-state index is 0. The second-order valence-electron chi connectivity index (χ2n) is 0.600. The minimum atomic E-state index is -4.61. The summed E-state index contributed by atoms with van der Waals surface area (Å²) in [5.74, 6) is 0. The molecule has 4 N–H and O–H groups in total. The van der Waals surface area contributed by atoms with Crippen molar-refractivity contribution in [3.05, 3.63) is 0 Å². The molecule has 0 aliphatic carbocycles. The molecule has 4 nitrogen and oxygen atoms in total. The summed E-state index contributed by atoms with van der Waals surface area (Å²) in [5.41, 5.74) is 0. The molecule has 0 aromatic rings. The van der Waals surface area contributed by atoms with Crippen molar-refractivity contribution >= 4 is 46.8 Å². The van der Waals surface area contributed by atoms with Crippen LogP contribution in [0.1, 0.15) is 0 Å². The molecular weight excluding hydrogens is 151 g/mol. The molecule has 7 heteroatoms. The zero-order valence-corrected chi connectivity index (χ0v) is 3.70. The molecule has 0 amide bonds. The normalized spacial score (nSPS) is 8.57. The van der Waals surface area contributed by atoms with Crippen LogP contribution in [0.15, 0.2) is 0 Å². The topological polar surface area (TPSA) is 80.9 Å². The third-order valence-electron chi connectivity index (χ3n) is 0. The van der Waals surface area contributed by atoms with Crippen LogP contribution in [0.2, 0.25) is 0 Å². The van der Waals surface area contributed by atoms with E-state index in [2.05, 4.69) is 0 Å². The SMILES string of the molecule is F.O[Si](O)(O)O.[CaH2]. The van der Waals surface area contributed by atoms with Crippen molar-refractivity contribution in [3.63, 3.8) is 0 Å². The van der Waals surface area contributed by atoms with Gasteiger partial charge in [-0.1, -0.05) is 0 Å². The van der Waals surface area contributed by atoms with Crippen LogP contribution in [0.4, 0.5) is 4.70 Å². The van der Waals surface area contributed by atoms with E-state index in [1.165, 1.54) is 0 Å². The van der Waals surface area contributed by atoms with Crippen LogP contribution in [-0.4, -0.2) is 66.0 Å². The zero-order chi connectivity index (χ0) is 4.50. The van der Waals surface area contributed by atoms with E-state index in [0.29, 0.717) is 0 Å². The standard InChI is InChI=1S/Ca.FH.H4O4Si.2H/c;;1-5(2,3)4;;/h;1H;1-4H;;. The van der Waals surface area contributed by atoms with E-state index >= 15 is 0 Å². The molecule has 0 aromatic heterocycles. The molecular formula is H7CaFO4Si. The molecule has 7 heavy (non-hydrogen) atoms. The zero-order valence-electron chi connectivity index (χ0n) is 2.70. The summed E-state index contributed by atoms with van der Waals surface area (Å²) in [7, 11) is -4.61. The molecule has 0 radical (unpaired) electrons. The Morgan fingerprint density at radius 1 is 0.857 bits per heavy atom. The van der Waals surface area contributed by atoms with Gasteiger partial charge in [-0.25, -0.2) is 0 Å². The quantitative estimate of drug-likeness (QED) is 0.277. The van der Waals surface area contributed by atoms with Crippen molar-refractivity contribution in [2.75, 3.05) is 0 Å². The summed E-state index contributed by atoms with van der Waals surface area (Å²) in [4.78, 5) is 29.3. The Kier molecular flexibility index (Phi) is 12.1. The second kappa shape index (κ2) is 5.38. The Labute approximate surface area is 70.3 Å². The predicted molar refractivity (Wildman–Crippen MR) is 25.7 cm³/mol. The molecule has 0 spiro atoms. The predicted octanol–water partition coefficient (Wildman–Crippen LogP) is -3.37.